The highest BCUT2D eigenvalue weighted by molar-refractivity contribution is 5.88. The number of methoxy groups -OCH3 is 1. The van der Waals surface area contributed by atoms with Crippen LogP contribution in [0.3, 0.4) is 0 Å². The van der Waals surface area contributed by atoms with Gasteiger partial charge in [0, 0.05) is 12.1 Å². The zero-order valence-corrected chi connectivity index (χ0v) is 7.73. The molecule has 0 saturated heterocycles. The Kier molecular flexibility index (Phi) is 1.89. The number of hydrogen-bond acceptors (Lipinski definition) is 3. The molecule has 2 N–H and O–H groups in total. The van der Waals surface area contributed by atoms with Crippen molar-refractivity contribution >= 4 is 16.6 Å². The Bertz CT molecular complexity index is 483. The van der Waals surface area contributed by atoms with Crippen LogP contribution in [0.5, 0.6) is 5.75 Å². The quantitative estimate of drug-likeness (QED) is 0.415. The van der Waals surface area contributed by atoms with Crippen molar-refractivity contribution in [2.24, 2.45) is 0 Å². The summed E-state index contributed by atoms with van der Waals surface area (Å²) in [5.74, 6) is 0.654. The molecule has 0 aliphatic carbocycles. The second-order valence-corrected chi connectivity index (χ2v) is 2.99. The lowest BCUT2D eigenvalue weighted by molar-refractivity contribution is -0.576. The monoisotopic (exact) mass is 190 g/mol. The minimum Gasteiger partial charge on any atom is -0.618 e. The maximum atomic E-state index is 11.4. The van der Waals surface area contributed by atoms with Crippen LogP contribution in [0.1, 0.15) is 0 Å². The smallest absolute Gasteiger partial charge is 0.247 e. The van der Waals surface area contributed by atoms with Crippen LogP contribution < -0.4 is 15.2 Å². The molecule has 4 nitrogen and oxygen atoms in total. The molecule has 0 atom stereocenters. The van der Waals surface area contributed by atoms with Crippen molar-refractivity contribution in [1.82, 2.24) is 0 Å². The summed E-state index contributed by atoms with van der Waals surface area (Å²) < 4.78 is 5.81. The molecule has 0 bridgehead atoms. The van der Waals surface area contributed by atoms with Gasteiger partial charge in [-0.3, -0.25) is 0 Å². The Labute approximate surface area is 81.1 Å². The SMILES string of the molecule is COc1cc(N)c2c(ccc[n+]2[O-])c1. The summed E-state index contributed by atoms with van der Waals surface area (Å²) in [4.78, 5) is 0. The van der Waals surface area contributed by atoms with Crippen LogP contribution in [0.15, 0.2) is 30.5 Å². The van der Waals surface area contributed by atoms with Gasteiger partial charge >= 0.3 is 0 Å². The zero-order valence-electron chi connectivity index (χ0n) is 7.73. The molecule has 0 spiro atoms. The molecule has 2 rings (SSSR count). The zero-order chi connectivity index (χ0) is 10.1. The van der Waals surface area contributed by atoms with E-state index in [1.807, 2.05) is 6.07 Å². The lowest BCUT2D eigenvalue weighted by Gasteiger charge is -2.05. The topological polar surface area (TPSA) is 62.2 Å². The molecular formula is C10H10N2O2. The fraction of sp³-hybridized carbons (Fsp3) is 0.100. The van der Waals surface area contributed by atoms with E-state index < -0.39 is 0 Å². The summed E-state index contributed by atoms with van der Waals surface area (Å²) in [7, 11) is 1.56. The number of nitrogens with zero attached hydrogens (tertiary/aromatic N) is 1. The summed E-state index contributed by atoms with van der Waals surface area (Å²) in [5.41, 5.74) is 6.64. The summed E-state index contributed by atoms with van der Waals surface area (Å²) in [6.07, 6.45) is 1.42. The summed E-state index contributed by atoms with van der Waals surface area (Å²) in [6.45, 7) is 0. The molecule has 0 fully saturated rings. The van der Waals surface area contributed by atoms with Gasteiger partial charge < -0.3 is 15.7 Å². The van der Waals surface area contributed by atoms with E-state index in [0.717, 1.165) is 10.1 Å². The Morgan fingerprint density at radius 2 is 2.21 bits per heavy atom. The van der Waals surface area contributed by atoms with Gasteiger partial charge in [0.25, 0.3) is 0 Å². The standard InChI is InChI=1S/C10H10N2O2/c1-14-8-5-7-3-2-4-12(13)10(7)9(11)6-8/h2-6H,11H2,1H3. The molecule has 1 aromatic heterocycles. The van der Waals surface area contributed by atoms with E-state index in [4.69, 9.17) is 10.5 Å². The number of anilines is 1. The molecule has 4 heteroatoms. The van der Waals surface area contributed by atoms with Gasteiger partial charge in [0.2, 0.25) is 5.52 Å². The van der Waals surface area contributed by atoms with Gasteiger partial charge in [-0.1, -0.05) is 0 Å². The third-order valence-corrected chi connectivity index (χ3v) is 2.10. The largest absolute Gasteiger partial charge is 0.618 e. The molecular weight excluding hydrogens is 180 g/mol. The van der Waals surface area contributed by atoms with E-state index in [-0.39, 0.29) is 0 Å². The molecule has 72 valence electrons. The second kappa shape index (κ2) is 3.06. The molecule has 14 heavy (non-hydrogen) atoms. The van der Waals surface area contributed by atoms with Gasteiger partial charge in [-0.15, -0.1) is 0 Å². The molecule has 0 aliphatic heterocycles. The van der Waals surface area contributed by atoms with Gasteiger partial charge in [0.05, 0.1) is 12.5 Å². The van der Waals surface area contributed by atoms with Crippen molar-refractivity contribution < 1.29 is 9.47 Å². The van der Waals surface area contributed by atoms with Crippen molar-refractivity contribution in [3.63, 3.8) is 0 Å². The van der Waals surface area contributed by atoms with E-state index in [9.17, 15) is 5.21 Å². The van der Waals surface area contributed by atoms with Crippen molar-refractivity contribution in [1.29, 1.82) is 0 Å². The van der Waals surface area contributed by atoms with E-state index in [1.165, 1.54) is 6.20 Å². The van der Waals surface area contributed by atoms with Crippen LogP contribution in [-0.2, 0) is 0 Å². The van der Waals surface area contributed by atoms with E-state index in [1.54, 1.807) is 25.3 Å². The number of pyridine rings is 1. The highest BCUT2D eigenvalue weighted by Gasteiger charge is 2.09. The average molecular weight is 190 g/mol. The third kappa shape index (κ3) is 1.21. The average Bonchev–Trinajstić information content (AvgIpc) is 2.17. The minimum absolute atomic E-state index is 0.426. The number of hydrogen-bond donors (Lipinski definition) is 1. The van der Waals surface area contributed by atoms with Crippen molar-refractivity contribution in [3.05, 3.63) is 35.7 Å². The fourth-order valence-corrected chi connectivity index (χ4v) is 1.45. The molecule has 2 aromatic rings. The first-order valence-electron chi connectivity index (χ1n) is 4.18. The summed E-state index contributed by atoms with van der Waals surface area (Å²) in [5, 5.41) is 12.2. The van der Waals surface area contributed by atoms with E-state index in [0.29, 0.717) is 17.0 Å². The first kappa shape index (κ1) is 8.62. The maximum Gasteiger partial charge on any atom is 0.247 e. The molecule has 0 radical (unpaired) electrons. The van der Waals surface area contributed by atoms with Crippen LogP contribution in [0.25, 0.3) is 10.9 Å². The summed E-state index contributed by atoms with van der Waals surface area (Å²) >= 11 is 0. The van der Waals surface area contributed by atoms with Crippen molar-refractivity contribution in [2.45, 2.75) is 0 Å². The van der Waals surface area contributed by atoms with E-state index in [2.05, 4.69) is 0 Å². The predicted molar refractivity (Wildman–Crippen MR) is 53.9 cm³/mol. The normalized spacial score (nSPS) is 10.4. The first-order chi connectivity index (χ1) is 6.72. The van der Waals surface area contributed by atoms with Crippen LogP contribution in [0, 0.1) is 5.21 Å². The van der Waals surface area contributed by atoms with Crippen LogP contribution in [0.2, 0.25) is 0 Å². The molecule has 0 saturated carbocycles. The fourth-order valence-electron chi connectivity index (χ4n) is 1.45. The number of benzene rings is 1. The number of nitrogen functional groups attached to an aromatic ring is 1. The molecule has 0 unspecified atom stereocenters. The predicted octanol–water partition coefficient (Wildman–Crippen LogP) is 1.06. The second-order valence-electron chi connectivity index (χ2n) is 2.99. The number of rotatable bonds is 1. The van der Waals surface area contributed by atoms with Crippen LogP contribution in [-0.4, -0.2) is 7.11 Å². The summed E-state index contributed by atoms with van der Waals surface area (Å²) in [6, 6.07) is 6.91. The maximum absolute atomic E-state index is 11.4. The molecule has 1 heterocycles. The minimum atomic E-state index is 0.426. The Morgan fingerprint density at radius 1 is 1.43 bits per heavy atom. The van der Waals surface area contributed by atoms with Gasteiger partial charge in [-0.25, -0.2) is 0 Å². The van der Waals surface area contributed by atoms with Crippen LogP contribution >= 0.6 is 0 Å². The van der Waals surface area contributed by atoms with E-state index >= 15 is 0 Å². The van der Waals surface area contributed by atoms with Crippen molar-refractivity contribution in [3.8, 4) is 5.75 Å². The van der Waals surface area contributed by atoms with Gasteiger partial charge in [-0.05, 0) is 12.1 Å². The Hall–Kier alpha value is -1.97. The van der Waals surface area contributed by atoms with Gasteiger partial charge in [-0.2, -0.15) is 4.73 Å². The van der Waals surface area contributed by atoms with Gasteiger partial charge in [0.15, 0.2) is 6.20 Å². The Balaban J connectivity index is 2.83. The highest BCUT2D eigenvalue weighted by atomic mass is 16.5. The first-order valence-corrected chi connectivity index (χ1v) is 4.18. The number of nitrogens with two attached hydrogens (primary N) is 1. The Morgan fingerprint density at radius 3 is 2.93 bits per heavy atom. The number of aromatic nitrogens is 1. The molecule has 0 amide bonds. The lowest BCUT2D eigenvalue weighted by atomic mass is 10.2. The highest BCUT2D eigenvalue weighted by Crippen LogP contribution is 2.24. The van der Waals surface area contributed by atoms with Crippen LogP contribution in [0.4, 0.5) is 5.69 Å². The number of fused-ring (bicyclic) bond motifs is 1. The lowest BCUT2D eigenvalue weighted by Crippen LogP contribution is -2.26. The van der Waals surface area contributed by atoms with Crippen molar-refractivity contribution in [2.75, 3.05) is 12.8 Å². The molecule has 1 aromatic carbocycles. The number of ether oxygens (including phenoxy) is 1. The van der Waals surface area contributed by atoms with Gasteiger partial charge in [0.1, 0.15) is 11.4 Å². The molecule has 0 aliphatic rings. The third-order valence-electron chi connectivity index (χ3n) is 2.10.